The number of hydrogen-bond acceptors (Lipinski definition) is 11. The maximum atomic E-state index is 8.17. The highest BCUT2D eigenvalue weighted by Gasteiger charge is 2.28. The van der Waals surface area contributed by atoms with Crippen LogP contribution in [0.1, 0.15) is 50.8 Å². The van der Waals surface area contributed by atoms with E-state index < -0.39 is 0 Å². The Morgan fingerprint density at radius 1 is 0.588 bits per heavy atom. The van der Waals surface area contributed by atoms with Crippen LogP contribution in [-0.4, -0.2) is 136 Å². The molecule has 4 aromatic carbocycles. The van der Waals surface area contributed by atoms with Gasteiger partial charge in [0.1, 0.15) is 0 Å². The normalized spacial score (nSPS) is 15.4. The summed E-state index contributed by atoms with van der Waals surface area (Å²) in [5, 5.41) is 9.61. The van der Waals surface area contributed by atoms with Crippen molar-refractivity contribution in [2.45, 2.75) is 31.3 Å². The molecule has 20 heteroatoms. The maximum absolute atomic E-state index is 8.17. The highest BCUT2D eigenvalue weighted by molar-refractivity contribution is 9.10. The molecule has 2 atom stereocenters. The first-order valence-corrected chi connectivity index (χ1v) is 24.7. The van der Waals surface area contributed by atoms with Gasteiger partial charge in [0, 0.05) is 92.0 Å². The van der Waals surface area contributed by atoms with Gasteiger partial charge < -0.3 is 44.0 Å². The zero-order valence-electron chi connectivity index (χ0n) is 38.7. The Morgan fingerprint density at radius 3 is 1.47 bits per heavy atom. The molecule has 0 fully saturated rings. The fourth-order valence-corrected chi connectivity index (χ4v) is 9.16. The zero-order valence-corrected chi connectivity index (χ0v) is 43.3. The van der Waals surface area contributed by atoms with Gasteiger partial charge in [0.15, 0.2) is 0 Å². The lowest BCUT2D eigenvalue weighted by molar-refractivity contribution is 0.0166. The molecule has 0 saturated carbocycles. The van der Waals surface area contributed by atoms with E-state index in [2.05, 4.69) is 114 Å². The van der Waals surface area contributed by atoms with E-state index >= 15 is 0 Å². The SMILES string of the molecule is CN1Cc2c(Cl)cc(Cl)cc2C(c2cccc(Br)c2)C1.CN1Cc2c(Cl)cc(Cl)cc2C(c2cccc(CCOCCOCCOCCN=[N+]=[N-])c2)C1.[N-]=[N+]=NCCOCCOCCOCCN. The van der Waals surface area contributed by atoms with Crippen LogP contribution in [0.4, 0.5) is 0 Å². The summed E-state index contributed by atoms with van der Waals surface area (Å²) < 4.78 is 33.0. The Balaban J connectivity index is 0.000000245. The molecule has 6 rings (SSSR count). The van der Waals surface area contributed by atoms with Crippen molar-refractivity contribution in [3.63, 3.8) is 0 Å². The van der Waals surface area contributed by atoms with E-state index in [1.165, 1.54) is 33.4 Å². The number of rotatable bonds is 25. The molecule has 370 valence electrons. The molecule has 15 nitrogen and oxygen atoms in total. The summed E-state index contributed by atoms with van der Waals surface area (Å²) in [6.07, 6.45) is 0.835. The Hall–Kier alpha value is -3.22. The van der Waals surface area contributed by atoms with Crippen molar-refractivity contribution in [3.8, 4) is 0 Å². The minimum atomic E-state index is 0.234. The molecule has 68 heavy (non-hydrogen) atoms. The number of likely N-dealkylation sites (N-methyl/N-ethyl adjacent to an activating group) is 2. The van der Waals surface area contributed by atoms with E-state index in [0.29, 0.717) is 115 Å². The molecule has 0 saturated heterocycles. The van der Waals surface area contributed by atoms with Crippen LogP contribution >= 0.6 is 62.3 Å². The summed E-state index contributed by atoms with van der Waals surface area (Å²) >= 11 is 28.9. The monoisotopic (exact) mass is 1080 g/mol. The van der Waals surface area contributed by atoms with Crippen LogP contribution in [0.25, 0.3) is 20.9 Å². The average Bonchev–Trinajstić information content (AvgIpc) is 3.32. The predicted molar refractivity (Wildman–Crippen MR) is 276 cm³/mol. The summed E-state index contributed by atoms with van der Waals surface area (Å²) in [4.78, 5) is 9.86. The molecular formula is C48H62BrCl4N9O6. The van der Waals surface area contributed by atoms with Gasteiger partial charge in [-0.25, -0.2) is 0 Å². The quantitative estimate of drug-likeness (QED) is 0.0292. The topological polar surface area (TPSA) is 185 Å². The van der Waals surface area contributed by atoms with Gasteiger partial charge in [0.25, 0.3) is 0 Å². The van der Waals surface area contributed by atoms with Gasteiger partial charge in [-0.1, -0.05) is 109 Å². The molecule has 0 aliphatic carbocycles. The van der Waals surface area contributed by atoms with E-state index in [-0.39, 0.29) is 5.92 Å². The van der Waals surface area contributed by atoms with E-state index in [0.717, 1.165) is 52.7 Å². The second kappa shape index (κ2) is 33.4. The fourth-order valence-electron chi connectivity index (χ4n) is 7.61. The standard InChI is InChI=1S/C24H30Cl2N4O3.C16H14BrCl2N.C8H18N4O3/c1-30-16-22(21-14-20(25)15-24(26)23(21)17-30)19-4-2-3-18(13-19)5-7-31-9-11-33-12-10-32-8-6-28-29-27;1-20-8-14(10-3-2-4-11(17)5-10)13-6-12(18)7-16(19)15(13)9-20;9-1-3-13-5-7-15-8-6-14-4-2-11-12-10/h2-4,13-15,22H,5-12,16-17H2,1H3;2-7,14H,8-9H2,1H3;1-9H2. The molecule has 0 spiro atoms. The van der Waals surface area contributed by atoms with Gasteiger partial charge in [0.2, 0.25) is 0 Å². The number of hydrogen-bond donors (Lipinski definition) is 1. The summed E-state index contributed by atoms with van der Waals surface area (Å²) in [6.45, 7) is 11.0. The van der Waals surface area contributed by atoms with Crippen molar-refractivity contribution in [2.24, 2.45) is 16.0 Å². The number of azide groups is 2. The Bertz CT molecular complexity index is 2220. The van der Waals surface area contributed by atoms with Crippen LogP contribution in [0.3, 0.4) is 0 Å². The van der Waals surface area contributed by atoms with Crippen molar-refractivity contribution in [1.29, 1.82) is 0 Å². The minimum Gasteiger partial charge on any atom is -0.379 e. The second-order valence-corrected chi connectivity index (χ2v) is 18.4. The molecular weight excluding hydrogens is 1020 g/mol. The summed E-state index contributed by atoms with van der Waals surface area (Å²) in [5.41, 5.74) is 30.0. The van der Waals surface area contributed by atoms with Crippen LogP contribution in [0, 0.1) is 0 Å². The van der Waals surface area contributed by atoms with Crippen molar-refractivity contribution in [1.82, 2.24) is 9.80 Å². The number of nitrogens with zero attached hydrogens (tertiary/aromatic N) is 8. The lowest BCUT2D eigenvalue weighted by atomic mass is 9.84. The summed E-state index contributed by atoms with van der Waals surface area (Å²) in [6, 6.07) is 24.9. The number of halogens is 5. The number of ether oxygens (including phenoxy) is 6. The third-order valence-corrected chi connectivity index (χ3v) is 12.3. The molecule has 2 aliphatic heterocycles. The van der Waals surface area contributed by atoms with Crippen LogP contribution in [0.15, 0.2) is 87.5 Å². The van der Waals surface area contributed by atoms with E-state index in [4.69, 9.17) is 91.6 Å². The van der Waals surface area contributed by atoms with Crippen molar-refractivity contribution >= 4 is 62.3 Å². The summed E-state index contributed by atoms with van der Waals surface area (Å²) in [5.74, 6) is 0.538. The lowest BCUT2D eigenvalue weighted by Gasteiger charge is -2.33. The zero-order chi connectivity index (χ0) is 48.9. The average molecular weight is 1080 g/mol. The Morgan fingerprint density at radius 2 is 1.01 bits per heavy atom. The molecule has 4 aromatic rings. The first kappa shape index (κ1) is 57.4. The highest BCUT2D eigenvalue weighted by atomic mass is 79.9. The van der Waals surface area contributed by atoms with Crippen LogP contribution in [-0.2, 0) is 47.9 Å². The molecule has 0 aromatic heterocycles. The molecule has 2 unspecified atom stereocenters. The van der Waals surface area contributed by atoms with Crippen LogP contribution in [0.5, 0.6) is 0 Å². The smallest absolute Gasteiger partial charge is 0.0701 e. The van der Waals surface area contributed by atoms with Gasteiger partial charge >= 0.3 is 0 Å². The van der Waals surface area contributed by atoms with Crippen LogP contribution in [0.2, 0.25) is 20.1 Å². The first-order valence-electron chi connectivity index (χ1n) is 22.4. The van der Waals surface area contributed by atoms with E-state index in [1.54, 1.807) is 0 Å². The third-order valence-electron chi connectivity index (χ3n) is 10.7. The van der Waals surface area contributed by atoms with E-state index in [9.17, 15) is 0 Å². The van der Waals surface area contributed by atoms with Gasteiger partial charge in [-0.15, -0.1) is 0 Å². The Labute approximate surface area is 428 Å². The van der Waals surface area contributed by atoms with Crippen molar-refractivity contribution in [3.05, 3.63) is 157 Å². The van der Waals surface area contributed by atoms with Crippen molar-refractivity contribution < 1.29 is 28.4 Å². The predicted octanol–water partition coefficient (Wildman–Crippen LogP) is 11.1. The number of nitrogens with two attached hydrogens (primary N) is 1. The highest BCUT2D eigenvalue weighted by Crippen LogP contribution is 2.40. The summed E-state index contributed by atoms with van der Waals surface area (Å²) in [7, 11) is 4.25. The molecule has 2 N–H and O–H groups in total. The minimum absolute atomic E-state index is 0.234. The molecule has 0 radical (unpaired) electrons. The van der Waals surface area contributed by atoms with Crippen molar-refractivity contribution in [2.75, 3.05) is 126 Å². The van der Waals surface area contributed by atoms with Gasteiger partial charge in [-0.05, 0) is 107 Å². The third kappa shape index (κ3) is 21.0. The number of benzene rings is 4. The van der Waals surface area contributed by atoms with Crippen LogP contribution < -0.4 is 5.73 Å². The van der Waals surface area contributed by atoms with Gasteiger partial charge in [0.05, 0.1) is 79.3 Å². The molecule has 2 heterocycles. The maximum Gasteiger partial charge on any atom is 0.0701 e. The lowest BCUT2D eigenvalue weighted by Crippen LogP contribution is -2.31. The van der Waals surface area contributed by atoms with Gasteiger partial charge in [-0.3, -0.25) is 0 Å². The van der Waals surface area contributed by atoms with Gasteiger partial charge in [-0.2, -0.15) is 0 Å². The largest absolute Gasteiger partial charge is 0.379 e. The molecule has 0 amide bonds. The number of fused-ring (bicyclic) bond motifs is 2. The molecule has 2 aliphatic rings. The fraction of sp³-hybridized carbons (Fsp3) is 0.500. The second-order valence-electron chi connectivity index (χ2n) is 15.8. The first-order chi connectivity index (χ1) is 33.0. The Kier molecular flexibility index (Phi) is 28.2. The van der Waals surface area contributed by atoms with E-state index in [1.807, 2.05) is 18.2 Å². The molecule has 0 bridgehead atoms.